The molecule has 0 heterocycles. The molecule has 0 fully saturated rings. The molecule has 90 valence electrons. The lowest BCUT2D eigenvalue weighted by Gasteiger charge is -2.07. The van der Waals surface area contributed by atoms with Gasteiger partial charge in [-0.25, -0.2) is 5.14 Å². The number of benzene rings is 1. The van der Waals surface area contributed by atoms with Crippen molar-refractivity contribution in [1.82, 2.24) is 0 Å². The van der Waals surface area contributed by atoms with Gasteiger partial charge in [-0.2, -0.15) is 8.42 Å². The van der Waals surface area contributed by atoms with Crippen molar-refractivity contribution in [2.75, 3.05) is 13.2 Å². The molecular formula is C8H9Cl2NO4S. The van der Waals surface area contributed by atoms with Crippen LogP contribution in [0.1, 0.15) is 0 Å². The molecule has 0 spiro atoms. The second-order valence-electron chi connectivity index (χ2n) is 2.74. The van der Waals surface area contributed by atoms with E-state index in [0.717, 1.165) is 0 Å². The third-order valence-electron chi connectivity index (χ3n) is 1.48. The zero-order valence-corrected chi connectivity index (χ0v) is 10.3. The van der Waals surface area contributed by atoms with Crippen LogP contribution < -0.4 is 9.88 Å². The predicted octanol–water partition coefficient (Wildman–Crippen LogP) is 1.59. The lowest BCUT2D eigenvalue weighted by molar-refractivity contribution is 0.221. The minimum absolute atomic E-state index is 0.0117. The van der Waals surface area contributed by atoms with E-state index in [1.54, 1.807) is 12.1 Å². The SMILES string of the molecule is NS(=O)(=O)OCCOc1ccc(Cl)cc1Cl. The summed E-state index contributed by atoms with van der Waals surface area (Å²) >= 11 is 11.5. The van der Waals surface area contributed by atoms with Gasteiger partial charge in [-0.05, 0) is 18.2 Å². The Labute approximate surface area is 103 Å². The number of halogens is 2. The van der Waals surface area contributed by atoms with E-state index in [0.29, 0.717) is 15.8 Å². The Bertz CT molecular complexity index is 463. The summed E-state index contributed by atoms with van der Waals surface area (Å²) in [6.07, 6.45) is 0. The molecule has 16 heavy (non-hydrogen) atoms. The highest BCUT2D eigenvalue weighted by Crippen LogP contribution is 2.27. The summed E-state index contributed by atoms with van der Waals surface area (Å²) in [4.78, 5) is 0. The number of rotatable bonds is 5. The van der Waals surface area contributed by atoms with Crippen LogP contribution in [0.2, 0.25) is 10.0 Å². The average molecular weight is 286 g/mol. The molecule has 0 bridgehead atoms. The van der Waals surface area contributed by atoms with Gasteiger partial charge in [-0.3, -0.25) is 4.18 Å². The first kappa shape index (κ1) is 13.5. The van der Waals surface area contributed by atoms with Crippen molar-refractivity contribution in [3.63, 3.8) is 0 Å². The maximum atomic E-state index is 10.4. The zero-order chi connectivity index (χ0) is 12.2. The van der Waals surface area contributed by atoms with E-state index >= 15 is 0 Å². The highest BCUT2D eigenvalue weighted by Gasteiger charge is 2.04. The third kappa shape index (κ3) is 5.00. The quantitative estimate of drug-likeness (QED) is 0.834. The van der Waals surface area contributed by atoms with Crippen LogP contribution in [0.15, 0.2) is 18.2 Å². The van der Waals surface area contributed by atoms with Crippen molar-refractivity contribution < 1.29 is 17.3 Å². The summed E-state index contributed by atoms with van der Waals surface area (Å²) in [6.45, 7) is -0.171. The van der Waals surface area contributed by atoms with Gasteiger partial charge < -0.3 is 4.74 Å². The van der Waals surface area contributed by atoms with Crippen molar-refractivity contribution in [3.05, 3.63) is 28.2 Å². The van der Waals surface area contributed by atoms with Gasteiger partial charge in [-0.1, -0.05) is 23.2 Å². The van der Waals surface area contributed by atoms with Gasteiger partial charge in [0.25, 0.3) is 0 Å². The lowest BCUT2D eigenvalue weighted by Crippen LogP contribution is -2.19. The predicted molar refractivity (Wildman–Crippen MR) is 61.0 cm³/mol. The van der Waals surface area contributed by atoms with E-state index in [1.165, 1.54) is 6.07 Å². The van der Waals surface area contributed by atoms with Crippen molar-refractivity contribution in [2.45, 2.75) is 0 Å². The Morgan fingerprint density at radius 3 is 2.50 bits per heavy atom. The maximum Gasteiger partial charge on any atom is 0.333 e. The highest BCUT2D eigenvalue weighted by atomic mass is 35.5. The minimum Gasteiger partial charge on any atom is -0.490 e. The summed E-state index contributed by atoms with van der Waals surface area (Å²) in [7, 11) is -3.93. The van der Waals surface area contributed by atoms with E-state index in [1.807, 2.05) is 0 Å². The maximum absolute atomic E-state index is 10.4. The molecule has 0 atom stereocenters. The Balaban J connectivity index is 2.43. The van der Waals surface area contributed by atoms with E-state index in [-0.39, 0.29) is 13.2 Å². The summed E-state index contributed by atoms with van der Waals surface area (Å²) in [5.74, 6) is 0.393. The molecule has 1 aromatic rings. The molecule has 0 aliphatic rings. The Morgan fingerprint density at radius 2 is 1.94 bits per heavy atom. The van der Waals surface area contributed by atoms with Crippen LogP contribution in [0.4, 0.5) is 0 Å². The van der Waals surface area contributed by atoms with E-state index in [9.17, 15) is 8.42 Å². The standard InChI is InChI=1S/C8H9Cl2NO4S/c9-6-1-2-8(7(10)5-6)14-3-4-15-16(11,12)13/h1-2,5H,3-4H2,(H2,11,12,13). The van der Waals surface area contributed by atoms with Crippen molar-refractivity contribution in [2.24, 2.45) is 5.14 Å². The van der Waals surface area contributed by atoms with Crippen molar-refractivity contribution in [1.29, 1.82) is 0 Å². The molecule has 5 nitrogen and oxygen atoms in total. The fourth-order valence-corrected chi connectivity index (χ4v) is 1.66. The molecule has 0 saturated heterocycles. The molecule has 0 aliphatic carbocycles. The minimum atomic E-state index is -3.93. The summed E-state index contributed by atoms with van der Waals surface area (Å²) in [5, 5.41) is 5.44. The van der Waals surface area contributed by atoms with Gasteiger partial charge in [0.1, 0.15) is 19.0 Å². The first-order valence-corrected chi connectivity index (χ1v) is 6.36. The van der Waals surface area contributed by atoms with Crippen LogP contribution in [0.25, 0.3) is 0 Å². The first-order valence-electron chi connectivity index (χ1n) is 4.13. The molecule has 2 N–H and O–H groups in total. The second-order valence-corrected chi connectivity index (χ2v) is 4.80. The second kappa shape index (κ2) is 5.70. The third-order valence-corrected chi connectivity index (χ3v) is 2.51. The van der Waals surface area contributed by atoms with Crippen LogP contribution in [0, 0.1) is 0 Å². The molecule has 0 aromatic heterocycles. The molecule has 0 amide bonds. The van der Waals surface area contributed by atoms with Gasteiger partial charge in [0.2, 0.25) is 0 Å². The van der Waals surface area contributed by atoms with Crippen LogP contribution in [0.5, 0.6) is 5.75 Å². The topological polar surface area (TPSA) is 78.6 Å². The Hall–Kier alpha value is -0.530. The van der Waals surface area contributed by atoms with E-state index in [2.05, 4.69) is 9.32 Å². The van der Waals surface area contributed by atoms with E-state index < -0.39 is 10.3 Å². The van der Waals surface area contributed by atoms with Gasteiger partial charge >= 0.3 is 10.3 Å². The summed E-state index contributed by atoms with van der Waals surface area (Å²) in [5.41, 5.74) is 0. The lowest BCUT2D eigenvalue weighted by atomic mass is 10.3. The zero-order valence-electron chi connectivity index (χ0n) is 8.02. The smallest absolute Gasteiger partial charge is 0.333 e. The number of ether oxygens (including phenoxy) is 1. The Morgan fingerprint density at radius 1 is 1.25 bits per heavy atom. The molecule has 1 rings (SSSR count). The number of nitrogens with two attached hydrogens (primary N) is 1. The number of hydrogen-bond donors (Lipinski definition) is 1. The van der Waals surface area contributed by atoms with Gasteiger partial charge in [-0.15, -0.1) is 0 Å². The molecular weight excluding hydrogens is 277 g/mol. The monoisotopic (exact) mass is 285 g/mol. The highest BCUT2D eigenvalue weighted by molar-refractivity contribution is 7.84. The van der Waals surface area contributed by atoms with Crippen LogP contribution in [-0.4, -0.2) is 21.6 Å². The van der Waals surface area contributed by atoms with Crippen molar-refractivity contribution >= 4 is 33.5 Å². The fraction of sp³-hybridized carbons (Fsp3) is 0.250. The van der Waals surface area contributed by atoms with Gasteiger partial charge in [0.15, 0.2) is 0 Å². The van der Waals surface area contributed by atoms with Crippen LogP contribution in [0.3, 0.4) is 0 Å². The molecule has 0 aliphatic heterocycles. The van der Waals surface area contributed by atoms with Crippen LogP contribution >= 0.6 is 23.2 Å². The fourth-order valence-electron chi connectivity index (χ4n) is 0.894. The van der Waals surface area contributed by atoms with Gasteiger partial charge in [0, 0.05) is 5.02 Å². The molecule has 0 saturated carbocycles. The van der Waals surface area contributed by atoms with Gasteiger partial charge in [0.05, 0.1) is 5.02 Å². The summed E-state index contributed by atoms with van der Waals surface area (Å²) in [6, 6.07) is 4.68. The molecule has 1 aromatic carbocycles. The summed E-state index contributed by atoms with van der Waals surface area (Å²) < 4.78 is 30.2. The molecule has 0 unspecified atom stereocenters. The first-order chi connectivity index (χ1) is 7.38. The van der Waals surface area contributed by atoms with E-state index in [4.69, 9.17) is 27.9 Å². The average Bonchev–Trinajstić information content (AvgIpc) is 2.13. The number of hydrogen-bond acceptors (Lipinski definition) is 4. The molecule has 0 radical (unpaired) electrons. The molecule has 8 heteroatoms. The normalized spacial score (nSPS) is 11.4. The van der Waals surface area contributed by atoms with Crippen LogP contribution in [-0.2, 0) is 14.5 Å². The van der Waals surface area contributed by atoms with Crippen molar-refractivity contribution in [3.8, 4) is 5.75 Å². The Kier molecular flexibility index (Phi) is 4.82. The largest absolute Gasteiger partial charge is 0.490 e.